The van der Waals surface area contributed by atoms with E-state index in [1.807, 2.05) is 24.5 Å². The van der Waals surface area contributed by atoms with E-state index < -0.39 is 0 Å². The van der Waals surface area contributed by atoms with E-state index >= 15 is 0 Å². The van der Waals surface area contributed by atoms with Crippen LogP contribution in [-0.2, 0) is 13.1 Å². The first-order chi connectivity index (χ1) is 12.6. The fraction of sp³-hybridized carbons (Fsp3) is 0.300. The van der Waals surface area contributed by atoms with Gasteiger partial charge in [0.2, 0.25) is 0 Å². The standard InChI is InChI=1S/C20H22FN5/c1-15(2)11-26(13-17-5-3-4-6-19(17)21)12-16-7-24-20(25-8-16)18-9-22-14-23-10-18/h3-10,14-15H,11-13H2,1-2H3. The molecule has 0 bridgehead atoms. The molecule has 6 heteroatoms. The second-order valence-electron chi connectivity index (χ2n) is 6.70. The lowest BCUT2D eigenvalue weighted by Gasteiger charge is -2.24. The molecule has 2 heterocycles. The normalized spacial score (nSPS) is 11.3. The van der Waals surface area contributed by atoms with E-state index in [1.54, 1.807) is 18.5 Å². The van der Waals surface area contributed by atoms with Gasteiger partial charge in [0.1, 0.15) is 12.1 Å². The summed E-state index contributed by atoms with van der Waals surface area (Å²) in [5.74, 6) is 0.902. The fourth-order valence-electron chi connectivity index (χ4n) is 2.83. The van der Waals surface area contributed by atoms with E-state index in [1.165, 1.54) is 12.4 Å². The van der Waals surface area contributed by atoms with Crippen LogP contribution in [0.2, 0.25) is 0 Å². The van der Waals surface area contributed by atoms with E-state index in [4.69, 9.17) is 0 Å². The SMILES string of the molecule is CC(C)CN(Cc1cnc(-c2cncnc2)nc1)Cc1ccccc1F. The fourth-order valence-corrected chi connectivity index (χ4v) is 2.83. The zero-order valence-electron chi connectivity index (χ0n) is 15.0. The summed E-state index contributed by atoms with van der Waals surface area (Å²) in [4.78, 5) is 19.0. The van der Waals surface area contributed by atoms with Crippen molar-refractivity contribution in [2.24, 2.45) is 5.92 Å². The molecule has 0 unspecified atom stereocenters. The third-order valence-electron chi connectivity index (χ3n) is 3.91. The summed E-state index contributed by atoms with van der Waals surface area (Å²) in [5.41, 5.74) is 2.47. The Bertz CT molecular complexity index is 821. The first-order valence-corrected chi connectivity index (χ1v) is 8.64. The van der Waals surface area contributed by atoms with Crippen LogP contribution in [0, 0.1) is 11.7 Å². The van der Waals surface area contributed by atoms with Gasteiger partial charge in [-0.05, 0) is 12.0 Å². The predicted octanol–water partition coefficient (Wildman–Crippen LogP) is 3.73. The highest BCUT2D eigenvalue weighted by atomic mass is 19.1. The van der Waals surface area contributed by atoms with E-state index in [-0.39, 0.29) is 5.82 Å². The van der Waals surface area contributed by atoms with Gasteiger partial charge in [-0.25, -0.2) is 24.3 Å². The molecule has 3 rings (SSSR count). The molecule has 0 amide bonds. The Morgan fingerprint density at radius 1 is 0.962 bits per heavy atom. The van der Waals surface area contributed by atoms with Crippen LogP contribution in [0.4, 0.5) is 4.39 Å². The molecular formula is C20H22FN5. The summed E-state index contributed by atoms with van der Waals surface area (Å²) in [6.45, 7) is 6.40. The Kier molecular flexibility index (Phi) is 5.96. The number of halogens is 1. The molecule has 0 fully saturated rings. The summed E-state index contributed by atoms with van der Waals surface area (Å²) in [6, 6.07) is 6.91. The second-order valence-corrected chi connectivity index (χ2v) is 6.70. The van der Waals surface area contributed by atoms with E-state index in [0.717, 1.165) is 17.7 Å². The van der Waals surface area contributed by atoms with Crippen LogP contribution in [0.25, 0.3) is 11.4 Å². The number of aromatic nitrogens is 4. The van der Waals surface area contributed by atoms with Crippen molar-refractivity contribution in [3.05, 3.63) is 72.3 Å². The molecule has 0 N–H and O–H groups in total. The minimum atomic E-state index is -0.170. The molecule has 2 aromatic heterocycles. The van der Waals surface area contributed by atoms with Crippen molar-refractivity contribution in [2.45, 2.75) is 26.9 Å². The van der Waals surface area contributed by atoms with Crippen molar-refractivity contribution in [1.29, 1.82) is 0 Å². The number of rotatable bonds is 7. The molecular weight excluding hydrogens is 329 g/mol. The van der Waals surface area contributed by atoms with E-state index in [2.05, 4.69) is 38.7 Å². The van der Waals surface area contributed by atoms with Crippen molar-refractivity contribution in [2.75, 3.05) is 6.54 Å². The van der Waals surface area contributed by atoms with Crippen molar-refractivity contribution in [1.82, 2.24) is 24.8 Å². The molecule has 0 saturated carbocycles. The van der Waals surface area contributed by atoms with Crippen molar-refractivity contribution in [3.8, 4) is 11.4 Å². The highest BCUT2D eigenvalue weighted by molar-refractivity contribution is 5.50. The average molecular weight is 351 g/mol. The van der Waals surface area contributed by atoms with Crippen LogP contribution < -0.4 is 0 Å². The molecule has 0 radical (unpaired) electrons. The van der Waals surface area contributed by atoms with Gasteiger partial charge in [0.05, 0.1) is 5.56 Å². The Labute approximate surface area is 153 Å². The minimum absolute atomic E-state index is 0.170. The van der Waals surface area contributed by atoms with Gasteiger partial charge in [0.25, 0.3) is 0 Å². The third-order valence-corrected chi connectivity index (χ3v) is 3.91. The molecule has 3 aromatic rings. The Morgan fingerprint density at radius 2 is 1.65 bits per heavy atom. The first kappa shape index (κ1) is 18.1. The quantitative estimate of drug-likeness (QED) is 0.649. The smallest absolute Gasteiger partial charge is 0.162 e. The van der Waals surface area contributed by atoms with Crippen LogP contribution in [0.5, 0.6) is 0 Å². The van der Waals surface area contributed by atoms with Crippen LogP contribution in [0.3, 0.4) is 0 Å². The van der Waals surface area contributed by atoms with Crippen LogP contribution in [-0.4, -0.2) is 31.4 Å². The molecule has 0 aliphatic carbocycles. The van der Waals surface area contributed by atoms with Gasteiger partial charge in [-0.2, -0.15) is 0 Å². The van der Waals surface area contributed by atoms with Gasteiger partial charge in [0.15, 0.2) is 5.82 Å². The molecule has 0 aliphatic rings. The molecule has 0 atom stereocenters. The number of benzene rings is 1. The maximum atomic E-state index is 14.0. The Morgan fingerprint density at radius 3 is 2.31 bits per heavy atom. The molecule has 1 aromatic carbocycles. The maximum absolute atomic E-state index is 14.0. The van der Waals surface area contributed by atoms with E-state index in [0.29, 0.717) is 30.4 Å². The van der Waals surface area contributed by atoms with Crippen LogP contribution in [0.15, 0.2) is 55.4 Å². The molecule has 0 spiro atoms. The molecule has 26 heavy (non-hydrogen) atoms. The zero-order chi connectivity index (χ0) is 18.4. The molecule has 0 saturated heterocycles. The Balaban J connectivity index is 1.73. The second kappa shape index (κ2) is 8.58. The lowest BCUT2D eigenvalue weighted by Crippen LogP contribution is -2.27. The van der Waals surface area contributed by atoms with Gasteiger partial charge in [-0.1, -0.05) is 32.0 Å². The molecule has 5 nitrogen and oxygen atoms in total. The summed E-state index contributed by atoms with van der Waals surface area (Å²) in [7, 11) is 0. The third kappa shape index (κ3) is 4.89. The monoisotopic (exact) mass is 351 g/mol. The summed E-state index contributed by atoms with van der Waals surface area (Å²) in [6.07, 6.45) is 8.47. The van der Waals surface area contributed by atoms with E-state index in [9.17, 15) is 4.39 Å². The van der Waals surface area contributed by atoms with Crippen molar-refractivity contribution in [3.63, 3.8) is 0 Å². The van der Waals surface area contributed by atoms with Crippen molar-refractivity contribution >= 4 is 0 Å². The topological polar surface area (TPSA) is 54.8 Å². The van der Waals surface area contributed by atoms with Gasteiger partial charge >= 0.3 is 0 Å². The highest BCUT2D eigenvalue weighted by Gasteiger charge is 2.12. The van der Waals surface area contributed by atoms with Gasteiger partial charge < -0.3 is 0 Å². The lowest BCUT2D eigenvalue weighted by molar-refractivity contribution is 0.224. The number of hydrogen-bond donors (Lipinski definition) is 0. The number of hydrogen-bond acceptors (Lipinski definition) is 5. The van der Waals surface area contributed by atoms with Gasteiger partial charge in [-0.3, -0.25) is 4.90 Å². The summed E-state index contributed by atoms with van der Waals surface area (Å²) < 4.78 is 14.0. The maximum Gasteiger partial charge on any atom is 0.162 e. The van der Waals surface area contributed by atoms with Gasteiger partial charge in [-0.15, -0.1) is 0 Å². The highest BCUT2D eigenvalue weighted by Crippen LogP contribution is 2.16. The predicted molar refractivity (Wildman–Crippen MR) is 98.4 cm³/mol. The minimum Gasteiger partial charge on any atom is -0.294 e. The first-order valence-electron chi connectivity index (χ1n) is 8.64. The lowest BCUT2D eigenvalue weighted by atomic mass is 10.1. The largest absolute Gasteiger partial charge is 0.294 e. The average Bonchev–Trinajstić information content (AvgIpc) is 2.64. The summed E-state index contributed by atoms with van der Waals surface area (Å²) >= 11 is 0. The molecule has 134 valence electrons. The van der Waals surface area contributed by atoms with Crippen LogP contribution in [0.1, 0.15) is 25.0 Å². The summed E-state index contributed by atoms with van der Waals surface area (Å²) in [5, 5.41) is 0. The zero-order valence-corrected chi connectivity index (χ0v) is 15.0. The number of nitrogens with zero attached hydrogens (tertiary/aromatic N) is 5. The van der Waals surface area contributed by atoms with Gasteiger partial charge in [0, 0.05) is 55.5 Å². The van der Waals surface area contributed by atoms with Crippen LogP contribution >= 0.6 is 0 Å². The van der Waals surface area contributed by atoms with Crippen molar-refractivity contribution < 1.29 is 4.39 Å². The Hall–Kier alpha value is -2.73. The molecule has 0 aliphatic heterocycles.